The van der Waals surface area contributed by atoms with Gasteiger partial charge in [0.2, 0.25) is 0 Å². The number of hydrogen-bond acceptors (Lipinski definition) is 4. The van der Waals surface area contributed by atoms with E-state index >= 15 is 0 Å². The average molecular weight is 282 g/mol. The summed E-state index contributed by atoms with van der Waals surface area (Å²) in [4.78, 5) is 2.57. The Morgan fingerprint density at radius 1 is 1.47 bits per heavy atom. The molecule has 1 aliphatic heterocycles. The fraction of sp³-hybridized carbons (Fsp3) is 0.733. The van der Waals surface area contributed by atoms with Crippen LogP contribution < -0.4 is 5.32 Å². The third kappa shape index (κ3) is 4.01. The molecule has 1 fully saturated rings. The number of hydrogen-bond donors (Lipinski definition) is 1. The van der Waals surface area contributed by atoms with E-state index in [1.165, 1.54) is 17.9 Å². The minimum absolute atomic E-state index is 0.489. The summed E-state index contributed by atoms with van der Waals surface area (Å²) in [5.74, 6) is 2.33. The SMILES string of the molecule is CC(C)NCc1occc1CN1CCSC(C)C1C. The molecule has 0 bridgehead atoms. The number of nitrogens with one attached hydrogen (secondary N) is 1. The molecule has 1 aromatic heterocycles. The smallest absolute Gasteiger partial charge is 0.122 e. The van der Waals surface area contributed by atoms with E-state index in [1.54, 1.807) is 0 Å². The zero-order valence-corrected chi connectivity index (χ0v) is 13.3. The van der Waals surface area contributed by atoms with Crippen molar-refractivity contribution in [2.75, 3.05) is 12.3 Å². The van der Waals surface area contributed by atoms with Crippen LogP contribution in [-0.2, 0) is 13.1 Å². The van der Waals surface area contributed by atoms with Gasteiger partial charge in [-0.15, -0.1) is 0 Å². The van der Waals surface area contributed by atoms with Gasteiger partial charge in [-0.1, -0.05) is 20.8 Å². The summed E-state index contributed by atoms with van der Waals surface area (Å²) in [6.07, 6.45) is 1.82. The zero-order chi connectivity index (χ0) is 13.8. The van der Waals surface area contributed by atoms with Crippen LogP contribution in [0.3, 0.4) is 0 Å². The molecule has 1 aromatic rings. The molecule has 3 nitrogen and oxygen atoms in total. The molecular weight excluding hydrogens is 256 g/mol. The van der Waals surface area contributed by atoms with Crippen molar-refractivity contribution < 1.29 is 4.42 Å². The molecule has 4 heteroatoms. The second-order valence-corrected chi connectivity index (χ2v) is 7.18. The molecule has 1 saturated heterocycles. The molecule has 0 spiro atoms. The highest BCUT2D eigenvalue weighted by molar-refractivity contribution is 8.00. The van der Waals surface area contributed by atoms with Gasteiger partial charge in [0, 0.05) is 41.7 Å². The lowest BCUT2D eigenvalue weighted by Gasteiger charge is -2.37. The number of furan rings is 1. The van der Waals surface area contributed by atoms with Crippen molar-refractivity contribution in [3.05, 3.63) is 23.7 Å². The predicted molar refractivity (Wildman–Crippen MR) is 82.5 cm³/mol. The second kappa shape index (κ2) is 6.82. The number of thioether (sulfide) groups is 1. The van der Waals surface area contributed by atoms with E-state index in [0.717, 1.165) is 24.1 Å². The van der Waals surface area contributed by atoms with Crippen LogP contribution in [0.5, 0.6) is 0 Å². The van der Waals surface area contributed by atoms with E-state index in [9.17, 15) is 0 Å². The maximum absolute atomic E-state index is 5.62. The Bertz CT molecular complexity index is 391. The van der Waals surface area contributed by atoms with Crippen LogP contribution >= 0.6 is 11.8 Å². The van der Waals surface area contributed by atoms with E-state index in [2.05, 4.69) is 55.7 Å². The topological polar surface area (TPSA) is 28.4 Å². The Kier molecular flexibility index (Phi) is 5.37. The summed E-state index contributed by atoms with van der Waals surface area (Å²) in [6.45, 7) is 12.0. The first-order chi connectivity index (χ1) is 9.08. The summed E-state index contributed by atoms with van der Waals surface area (Å²) >= 11 is 2.08. The highest BCUT2D eigenvalue weighted by atomic mass is 32.2. The summed E-state index contributed by atoms with van der Waals surface area (Å²) in [7, 11) is 0. The van der Waals surface area contributed by atoms with Crippen LogP contribution in [0, 0.1) is 0 Å². The van der Waals surface area contributed by atoms with Crippen molar-refractivity contribution in [2.45, 2.75) is 58.1 Å². The molecule has 108 valence electrons. The van der Waals surface area contributed by atoms with Crippen molar-refractivity contribution in [1.82, 2.24) is 10.2 Å². The molecular formula is C15H26N2OS. The van der Waals surface area contributed by atoms with Crippen LogP contribution in [-0.4, -0.2) is 34.5 Å². The summed E-state index contributed by atoms with van der Waals surface area (Å²) in [5.41, 5.74) is 1.33. The molecule has 1 N–H and O–H groups in total. The molecule has 2 rings (SSSR count). The molecule has 0 aliphatic carbocycles. The normalized spacial score (nSPS) is 25.1. The minimum atomic E-state index is 0.489. The van der Waals surface area contributed by atoms with E-state index in [-0.39, 0.29) is 0 Å². The van der Waals surface area contributed by atoms with Crippen LogP contribution in [0.25, 0.3) is 0 Å². The third-order valence-corrected chi connectivity index (χ3v) is 5.23. The van der Waals surface area contributed by atoms with Crippen molar-refractivity contribution in [3.8, 4) is 0 Å². The maximum atomic E-state index is 5.62. The summed E-state index contributed by atoms with van der Waals surface area (Å²) in [6, 6.07) is 3.25. The molecule has 2 atom stereocenters. The standard InChI is InChI=1S/C15H26N2OS/c1-11(2)16-9-15-14(5-7-18-15)10-17-6-8-19-13(4)12(17)3/h5,7,11-13,16H,6,8-10H2,1-4H3. The van der Waals surface area contributed by atoms with E-state index in [4.69, 9.17) is 4.42 Å². The molecule has 0 aromatic carbocycles. The first kappa shape index (κ1) is 14.9. The molecule has 2 unspecified atom stereocenters. The highest BCUT2D eigenvalue weighted by Crippen LogP contribution is 2.26. The van der Waals surface area contributed by atoms with Gasteiger partial charge >= 0.3 is 0 Å². The van der Waals surface area contributed by atoms with Gasteiger partial charge in [-0.3, -0.25) is 4.90 Å². The van der Waals surface area contributed by atoms with Crippen molar-refractivity contribution in [3.63, 3.8) is 0 Å². The quantitative estimate of drug-likeness (QED) is 0.898. The van der Waals surface area contributed by atoms with E-state index in [0.29, 0.717) is 12.1 Å². The Labute approximate surface area is 121 Å². The van der Waals surface area contributed by atoms with E-state index in [1.807, 2.05) is 6.26 Å². The monoisotopic (exact) mass is 282 g/mol. The minimum Gasteiger partial charge on any atom is -0.468 e. The molecule has 0 amide bonds. The Morgan fingerprint density at radius 3 is 3.00 bits per heavy atom. The molecule has 19 heavy (non-hydrogen) atoms. The fourth-order valence-corrected chi connectivity index (χ4v) is 3.56. The largest absolute Gasteiger partial charge is 0.468 e. The molecule has 0 saturated carbocycles. The van der Waals surface area contributed by atoms with Gasteiger partial charge in [0.1, 0.15) is 5.76 Å². The van der Waals surface area contributed by atoms with E-state index < -0.39 is 0 Å². The zero-order valence-electron chi connectivity index (χ0n) is 12.5. The van der Waals surface area contributed by atoms with Gasteiger partial charge in [0.15, 0.2) is 0 Å². The lowest BCUT2D eigenvalue weighted by Crippen LogP contribution is -2.44. The van der Waals surface area contributed by atoms with Crippen LogP contribution in [0.2, 0.25) is 0 Å². The van der Waals surface area contributed by atoms with Crippen molar-refractivity contribution in [2.24, 2.45) is 0 Å². The fourth-order valence-electron chi connectivity index (χ4n) is 2.40. The molecule has 2 heterocycles. The van der Waals surface area contributed by atoms with Gasteiger partial charge in [-0.05, 0) is 13.0 Å². The van der Waals surface area contributed by atoms with Gasteiger partial charge in [0.25, 0.3) is 0 Å². The number of rotatable bonds is 5. The predicted octanol–water partition coefficient (Wildman–Crippen LogP) is 3.10. The summed E-state index contributed by atoms with van der Waals surface area (Å²) < 4.78 is 5.62. The van der Waals surface area contributed by atoms with Gasteiger partial charge in [0.05, 0.1) is 12.8 Å². The molecule has 0 radical (unpaired) electrons. The Balaban J connectivity index is 1.96. The average Bonchev–Trinajstić information content (AvgIpc) is 2.80. The molecule has 1 aliphatic rings. The van der Waals surface area contributed by atoms with Crippen LogP contribution in [0.15, 0.2) is 16.7 Å². The lowest BCUT2D eigenvalue weighted by atomic mass is 10.1. The first-order valence-electron chi connectivity index (χ1n) is 7.22. The van der Waals surface area contributed by atoms with Gasteiger partial charge in [-0.25, -0.2) is 0 Å². The second-order valence-electron chi connectivity index (χ2n) is 5.69. The van der Waals surface area contributed by atoms with Crippen molar-refractivity contribution in [1.29, 1.82) is 0 Å². The maximum Gasteiger partial charge on any atom is 0.122 e. The van der Waals surface area contributed by atoms with Gasteiger partial charge < -0.3 is 9.73 Å². The lowest BCUT2D eigenvalue weighted by molar-refractivity contribution is 0.203. The van der Waals surface area contributed by atoms with Crippen molar-refractivity contribution >= 4 is 11.8 Å². The Hall–Kier alpha value is -0.450. The van der Waals surface area contributed by atoms with Gasteiger partial charge in [-0.2, -0.15) is 11.8 Å². The third-order valence-electron chi connectivity index (χ3n) is 3.90. The number of nitrogens with zero attached hydrogens (tertiary/aromatic N) is 1. The van der Waals surface area contributed by atoms with Crippen LogP contribution in [0.4, 0.5) is 0 Å². The first-order valence-corrected chi connectivity index (χ1v) is 8.27. The van der Waals surface area contributed by atoms with Crippen LogP contribution in [0.1, 0.15) is 39.0 Å². The highest BCUT2D eigenvalue weighted by Gasteiger charge is 2.25. The Morgan fingerprint density at radius 2 is 2.26 bits per heavy atom. The summed E-state index contributed by atoms with van der Waals surface area (Å²) in [5, 5.41) is 4.15.